The van der Waals surface area contributed by atoms with Crippen molar-refractivity contribution in [2.24, 2.45) is 5.92 Å². The number of carbonyl (C=O) groups is 1. The molecule has 0 radical (unpaired) electrons. The van der Waals surface area contributed by atoms with Crippen molar-refractivity contribution in [1.29, 1.82) is 0 Å². The largest absolute Gasteiger partial charge is 0.349 e. The van der Waals surface area contributed by atoms with Crippen LogP contribution in [-0.4, -0.2) is 34.9 Å². The van der Waals surface area contributed by atoms with Crippen LogP contribution in [0.2, 0.25) is 0 Å². The van der Waals surface area contributed by atoms with Crippen LogP contribution in [-0.2, 0) is 14.8 Å². The van der Waals surface area contributed by atoms with Gasteiger partial charge in [-0.05, 0) is 62.4 Å². The maximum atomic E-state index is 13.1. The molecule has 174 valence electrons. The first kappa shape index (κ1) is 23.1. The molecule has 3 aromatic rings. The highest BCUT2D eigenvalue weighted by Gasteiger charge is 2.30. The first-order chi connectivity index (χ1) is 15.8. The molecule has 0 saturated heterocycles. The van der Waals surface area contributed by atoms with Crippen molar-refractivity contribution < 1.29 is 17.6 Å². The second-order valence-electron chi connectivity index (χ2n) is 8.27. The Bertz CT molecular complexity index is 1170. The molecular weight excluding hydrogens is 445 g/mol. The second-order valence-corrected chi connectivity index (χ2v) is 9.99. The van der Waals surface area contributed by atoms with E-state index >= 15 is 0 Å². The Morgan fingerprint density at radius 3 is 2.45 bits per heavy atom. The fourth-order valence-corrected chi connectivity index (χ4v) is 5.26. The summed E-state index contributed by atoms with van der Waals surface area (Å²) in [6.07, 6.45) is 8.58. The molecule has 0 bridgehead atoms. The van der Waals surface area contributed by atoms with Crippen LogP contribution < -0.4 is 10.0 Å². The molecule has 4 rings (SSSR count). The van der Waals surface area contributed by atoms with Crippen molar-refractivity contribution >= 4 is 15.9 Å². The van der Waals surface area contributed by atoms with Crippen LogP contribution in [0, 0.1) is 11.7 Å². The van der Waals surface area contributed by atoms with Crippen LogP contribution >= 0.6 is 0 Å². The number of carbonyl (C=O) groups excluding carboxylic acids is 1. The summed E-state index contributed by atoms with van der Waals surface area (Å²) < 4.78 is 43.1. The third-order valence-corrected chi connectivity index (χ3v) is 7.45. The lowest BCUT2D eigenvalue weighted by Crippen LogP contribution is -2.41. The zero-order chi connectivity index (χ0) is 23.4. The van der Waals surface area contributed by atoms with E-state index in [0.29, 0.717) is 31.5 Å². The van der Waals surface area contributed by atoms with Crippen molar-refractivity contribution in [3.8, 4) is 5.82 Å². The molecule has 0 spiro atoms. The Balaban J connectivity index is 1.29. The van der Waals surface area contributed by atoms with Crippen LogP contribution in [0.25, 0.3) is 5.82 Å². The van der Waals surface area contributed by atoms with Crippen molar-refractivity contribution in [3.05, 3.63) is 72.7 Å². The molecule has 2 aromatic heterocycles. The van der Waals surface area contributed by atoms with Gasteiger partial charge in [0.05, 0.1) is 6.04 Å². The number of pyridine rings is 1. The van der Waals surface area contributed by atoms with E-state index in [1.807, 2.05) is 6.92 Å². The predicted octanol–water partition coefficient (Wildman–Crippen LogP) is 3.12. The molecule has 2 N–H and O–H groups in total. The minimum absolute atomic E-state index is 0.0626. The first-order valence-corrected chi connectivity index (χ1v) is 12.3. The predicted molar refractivity (Wildman–Crippen MR) is 120 cm³/mol. The van der Waals surface area contributed by atoms with Gasteiger partial charge >= 0.3 is 0 Å². The van der Waals surface area contributed by atoms with Crippen LogP contribution in [0.5, 0.6) is 0 Å². The SMILES string of the molecule is CC(NC(=O)C1CCC(NS(=O)(=O)c2ccc(-n3ccnc3)nc2)CC1)c1ccc(F)cc1. The molecule has 33 heavy (non-hydrogen) atoms. The number of halogens is 1. The Labute approximate surface area is 192 Å². The van der Waals surface area contributed by atoms with Gasteiger partial charge in [-0.3, -0.25) is 9.36 Å². The average Bonchev–Trinajstić information content (AvgIpc) is 3.35. The van der Waals surface area contributed by atoms with Gasteiger partial charge in [0.2, 0.25) is 15.9 Å². The topological polar surface area (TPSA) is 106 Å². The number of amides is 1. The quantitative estimate of drug-likeness (QED) is 0.551. The number of imidazole rings is 1. The number of hydrogen-bond acceptors (Lipinski definition) is 5. The van der Waals surface area contributed by atoms with E-state index in [1.54, 1.807) is 41.5 Å². The van der Waals surface area contributed by atoms with Crippen LogP contribution in [0.4, 0.5) is 4.39 Å². The summed E-state index contributed by atoms with van der Waals surface area (Å²) in [6, 6.07) is 8.73. The Morgan fingerprint density at radius 1 is 1.12 bits per heavy atom. The molecule has 1 atom stereocenters. The molecule has 1 saturated carbocycles. The van der Waals surface area contributed by atoms with Gasteiger partial charge in [0, 0.05) is 30.6 Å². The molecular formula is C23H26FN5O3S. The summed E-state index contributed by atoms with van der Waals surface area (Å²) in [4.78, 5) is 20.9. The highest BCUT2D eigenvalue weighted by atomic mass is 32.2. The molecule has 1 fully saturated rings. The molecule has 1 amide bonds. The molecule has 1 aliphatic carbocycles. The maximum Gasteiger partial charge on any atom is 0.242 e. The van der Waals surface area contributed by atoms with Crippen molar-refractivity contribution in [3.63, 3.8) is 0 Å². The van der Waals surface area contributed by atoms with E-state index in [-0.39, 0.29) is 34.6 Å². The van der Waals surface area contributed by atoms with Gasteiger partial charge in [-0.1, -0.05) is 12.1 Å². The van der Waals surface area contributed by atoms with Gasteiger partial charge in [0.15, 0.2) is 0 Å². The second kappa shape index (κ2) is 9.80. The van der Waals surface area contributed by atoms with Crippen molar-refractivity contribution in [2.75, 3.05) is 0 Å². The van der Waals surface area contributed by atoms with Gasteiger partial charge in [0.25, 0.3) is 0 Å². The van der Waals surface area contributed by atoms with Crippen LogP contribution in [0.1, 0.15) is 44.2 Å². The van der Waals surface area contributed by atoms with Crippen LogP contribution in [0.15, 0.2) is 66.2 Å². The molecule has 0 aliphatic heterocycles. The zero-order valence-corrected chi connectivity index (χ0v) is 19.0. The van der Waals surface area contributed by atoms with E-state index in [1.165, 1.54) is 24.4 Å². The summed E-state index contributed by atoms with van der Waals surface area (Å²) in [7, 11) is -3.71. The van der Waals surface area contributed by atoms with E-state index in [9.17, 15) is 17.6 Å². The molecule has 2 heterocycles. The highest BCUT2D eigenvalue weighted by Crippen LogP contribution is 2.27. The summed E-state index contributed by atoms with van der Waals surface area (Å²) in [5, 5.41) is 2.98. The van der Waals surface area contributed by atoms with Gasteiger partial charge in [-0.15, -0.1) is 0 Å². The maximum absolute atomic E-state index is 13.1. The van der Waals surface area contributed by atoms with Gasteiger partial charge in [0.1, 0.15) is 22.9 Å². The van der Waals surface area contributed by atoms with E-state index in [2.05, 4.69) is 20.0 Å². The third-order valence-electron chi connectivity index (χ3n) is 5.95. The fraction of sp³-hybridized carbons (Fsp3) is 0.348. The van der Waals surface area contributed by atoms with E-state index in [4.69, 9.17) is 0 Å². The van der Waals surface area contributed by atoms with E-state index < -0.39 is 10.0 Å². The Morgan fingerprint density at radius 2 is 1.85 bits per heavy atom. The Kier molecular flexibility index (Phi) is 6.85. The van der Waals surface area contributed by atoms with Crippen LogP contribution in [0.3, 0.4) is 0 Å². The normalized spacial score (nSPS) is 19.7. The zero-order valence-electron chi connectivity index (χ0n) is 18.2. The smallest absolute Gasteiger partial charge is 0.242 e. The number of benzene rings is 1. The summed E-state index contributed by atoms with van der Waals surface area (Å²) in [5.74, 6) is 0.0213. The number of rotatable bonds is 7. The number of sulfonamides is 1. The third kappa shape index (κ3) is 5.63. The van der Waals surface area contributed by atoms with Gasteiger partial charge in [-0.25, -0.2) is 27.5 Å². The van der Waals surface area contributed by atoms with Crippen molar-refractivity contribution in [2.45, 2.75) is 49.6 Å². The number of aromatic nitrogens is 3. The lowest BCUT2D eigenvalue weighted by molar-refractivity contribution is -0.126. The minimum atomic E-state index is -3.71. The fourth-order valence-electron chi connectivity index (χ4n) is 4.01. The van der Waals surface area contributed by atoms with Crippen molar-refractivity contribution in [1.82, 2.24) is 24.6 Å². The number of nitrogens with one attached hydrogen (secondary N) is 2. The van der Waals surface area contributed by atoms with Gasteiger partial charge in [-0.2, -0.15) is 0 Å². The standard InChI is InChI=1S/C23H26FN5O3S/c1-16(17-2-6-19(24)7-3-17)27-23(30)18-4-8-20(9-5-18)28-33(31,32)21-10-11-22(26-14-21)29-13-12-25-15-29/h2-3,6-7,10-16,18,20,28H,4-5,8-9H2,1H3,(H,27,30). The number of nitrogens with zero attached hydrogens (tertiary/aromatic N) is 3. The molecule has 10 heteroatoms. The Hall–Kier alpha value is -3.11. The first-order valence-electron chi connectivity index (χ1n) is 10.8. The summed E-state index contributed by atoms with van der Waals surface area (Å²) in [6.45, 7) is 1.86. The highest BCUT2D eigenvalue weighted by molar-refractivity contribution is 7.89. The summed E-state index contributed by atoms with van der Waals surface area (Å²) >= 11 is 0. The number of hydrogen-bond donors (Lipinski definition) is 2. The minimum Gasteiger partial charge on any atom is -0.349 e. The molecule has 1 aromatic carbocycles. The summed E-state index contributed by atoms with van der Waals surface area (Å²) in [5.41, 5.74) is 0.832. The lowest BCUT2D eigenvalue weighted by atomic mass is 9.85. The molecule has 8 nitrogen and oxygen atoms in total. The molecule has 1 unspecified atom stereocenters. The molecule has 1 aliphatic rings. The lowest BCUT2D eigenvalue weighted by Gasteiger charge is -2.29. The van der Waals surface area contributed by atoms with E-state index in [0.717, 1.165) is 5.56 Å². The van der Waals surface area contributed by atoms with Gasteiger partial charge < -0.3 is 5.32 Å². The average molecular weight is 472 g/mol. The monoisotopic (exact) mass is 471 g/mol.